The molecular formula is C32H58ClFN12O11P2V. The van der Waals surface area contributed by atoms with E-state index in [9.17, 15) is 23.6 Å². The third-order valence-electron chi connectivity index (χ3n) is 7.33. The van der Waals surface area contributed by atoms with E-state index in [2.05, 4.69) is 36.4 Å². The van der Waals surface area contributed by atoms with Gasteiger partial charge >= 0.3 is 19.5 Å². The Hall–Kier alpha value is -3.38. The fourth-order valence-corrected chi connectivity index (χ4v) is 5.93. The first-order valence-electron chi connectivity index (χ1n) is 18.2. The van der Waals surface area contributed by atoms with Crippen molar-refractivity contribution in [2.45, 2.75) is 92.9 Å². The van der Waals surface area contributed by atoms with E-state index in [1.54, 1.807) is 57.0 Å². The van der Waals surface area contributed by atoms with Crippen LogP contribution in [-0.2, 0) is 69.3 Å². The zero-order valence-electron chi connectivity index (χ0n) is 35.6. The number of carbonyl (C=O) groups is 2. The van der Waals surface area contributed by atoms with E-state index >= 15 is 0 Å². The Balaban J connectivity index is 0. The van der Waals surface area contributed by atoms with Gasteiger partial charge in [-0.2, -0.15) is 0 Å². The second-order valence-corrected chi connectivity index (χ2v) is 17.2. The van der Waals surface area contributed by atoms with E-state index < -0.39 is 45.8 Å². The third-order valence-corrected chi connectivity index (χ3v) is 9.00. The topological polar surface area (TPSA) is 343 Å². The van der Waals surface area contributed by atoms with E-state index in [1.807, 2.05) is 13.8 Å². The predicted octanol–water partition coefficient (Wildman–Crippen LogP) is 2.19. The van der Waals surface area contributed by atoms with Crippen molar-refractivity contribution in [1.82, 2.24) is 44.1 Å². The number of esters is 2. The maximum Gasteiger partial charge on any atom is 0.350 e. The molecule has 0 fully saturated rings. The molecule has 0 amide bonds. The van der Waals surface area contributed by atoms with Gasteiger partial charge in [0.1, 0.15) is 36.4 Å². The molecule has 5 atom stereocenters. The first-order valence-corrected chi connectivity index (χ1v) is 21.5. The van der Waals surface area contributed by atoms with E-state index in [1.165, 1.54) is 19.0 Å². The van der Waals surface area contributed by atoms with E-state index in [0.29, 0.717) is 42.0 Å². The van der Waals surface area contributed by atoms with Crippen LogP contribution in [0.4, 0.5) is 16.4 Å². The van der Waals surface area contributed by atoms with Crippen LogP contribution in [0.1, 0.15) is 55.4 Å². The second kappa shape index (κ2) is 27.5. The zero-order chi connectivity index (χ0) is 45.1. The van der Waals surface area contributed by atoms with Gasteiger partial charge in [-0.25, -0.2) is 35.0 Å². The number of nitrogens with one attached hydrogen (secondary N) is 1. The predicted molar refractivity (Wildman–Crippen MR) is 220 cm³/mol. The fourth-order valence-electron chi connectivity index (χ4n) is 4.38. The van der Waals surface area contributed by atoms with Crippen LogP contribution in [0.3, 0.4) is 0 Å². The van der Waals surface area contributed by atoms with Crippen molar-refractivity contribution >= 4 is 73.4 Å². The summed E-state index contributed by atoms with van der Waals surface area (Å²) in [5.74, 6) is -0.799. The molecule has 0 saturated carbocycles. The van der Waals surface area contributed by atoms with E-state index in [4.69, 9.17) is 50.7 Å². The molecule has 0 aromatic carbocycles. The van der Waals surface area contributed by atoms with Crippen LogP contribution < -0.4 is 22.3 Å². The van der Waals surface area contributed by atoms with Crippen molar-refractivity contribution in [3.63, 3.8) is 0 Å². The molecule has 0 spiro atoms. The monoisotopic (exact) mass is 955 g/mol. The van der Waals surface area contributed by atoms with Crippen LogP contribution in [0.5, 0.6) is 0 Å². The van der Waals surface area contributed by atoms with Gasteiger partial charge in [0, 0.05) is 31.6 Å². The maximum atomic E-state index is 12.2. The normalized spacial score (nSPS) is 14.2. The van der Waals surface area contributed by atoms with Gasteiger partial charge in [0.25, 0.3) is 8.97 Å². The molecule has 1 unspecified atom stereocenters. The Morgan fingerprint density at radius 2 is 1.15 bits per heavy atom. The number of nitrogens with two attached hydrogens (primary N) is 3. The summed E-state index contributed by atoms with van der Waals surface area (Å²) in [5.41, 5.74) is 18.8. The fraction of sp³-hybridized carbons (Fsp3) is 0.625. The molecule has 341 valence electrons. The molecule has 0 aliphatic carbocycles. The van der Waals surface area contributed by atoms with Crippen molar-refractivity contribution in [2.75, 3.05) is 37.3 Å². The molecule has 1 radical (unpaired) electrons. The summed E-state index contributed by atoms with van der Waals surface area (Å²) in [5, 5.41) is 2.49. The minimum absolute atomic E-state index is 0. The molecule has 4 aromatic heterocycles. The zero-order valence-corrected chi connectivity index (χ0v) is 38.6. The Morgan fingerprint density at radius 1 is 0.750 bits per heavy atom. The molecule has 10 N–H and O–H groups in total. The summed E-state index contributed by atoms with van der Waals surface area (Å²) in [6.07, 6.45) is 3.70. The van der Waals surface area contributed by atoms with E-state index in [0.717, 1.165) is 0 Å². The van der Waals surface area contributed by atoms with Gasteiger partial charge in [-0.1, -0.05) is 13.8 Å². The van der Waals surface area contributed by atoms with Gasteiger partial charge in [-0.05, 0) is 41.5 Å². The number of aromatic nitrogens is 8. The molecule has 28 heteroatoms. The number of carbonyl (C=O) groups excluding carboxylic acids is 2. The summed E-state index contributed by atoms with van der Waals surface area (Å²) in [7, 11) is -7.93. The smallest absolute Gasteiger partial charge is 0.350 e. The summed E-state index contributed by atoms with van der Waals surface area (Å²) >= 11 is 0. The number of ether oxygens (including phenoxy) is 4. The van der Waals surface area contributed by atoms with E-state index in [-0.39, 0.29) is 79.3 Å². The van der Waals surface area contributed by atoms with Crippen molar-refractivity contribution in [3.8, 4) is 0 Å². The van der Waals surface area contributed by atoms with Gasteiger partial charge in [0.2, 0.25) is 0 Å². The average molecular weight is 956 g/mol. The largest absolute Gasteiger partial charge is 0.463 e. The van der Waals surface area contributed by atoms with Gasteiger partial charge in [-0.3, -0.25) is 23.4 Å². The Bertz CT molecular complexity index is 2000. The molecule has 23 nitrogen and oxygen atoms in total. The summed E-state index contributed by atoms with van der Waals surface area (Å²) < 4.78 is 59.9. The first kappa shape index (κ1) is 56.6. The van der Waals surface area contributed by atoms with Crippen LogP contribution in [0.15, 0.2) is 25.3 Å². The Labute approximate surface area is 366 Å². The van der Waals surface area contributed by atoms with Gasteiger partial charge in [-0.15, -0.1) is 12.4 Å². The SMILES string of the molecule is CC(C)OC(=O)[C@@H](C)CN.CC(C)OC(=O)[C@@H](C)CNP(=O)(O)CO[C@H](C)Cn1cnc2c(N)ncnc21.C[C@H](Cn1cnc2c(N)ncnc21)OCP(=O)(O)O.Cl.[3H]F.[V]. The van der Waals surface area contributed by atoms with Gasteiger partial charge in [0.15, 0.2) is 22.9 Å². The number of imidazole rings is 2. The maximum absolute atomic E-state index is 12.2. The number of nitrogen functional groups attached to an aromatic ring is 2. The minimum atomic E-state index is -4.16. The van der Waals surface area contributed by atoms with Crippen LogP contribution in [0, 0.1) is 11.8 Å². The summed E-state index contributed by atoms with van der Waals surface area (Å²) in [4.78, 5) is 74.3. The minimum Gasteiger partial charge on any atom is -0.463 e. The number of anilines is 2. The first-order chi connectivity index (χ1) is 27.5. The molecule has 4 heterocycles. The number of fused-ring (bicyclic) bond motifs is 2. The van der Waals surface area contributed by atoms with Crippen LogP contribution in [-0.4, -0.2) is 117 Å². The van der Waals surface area contributed by atoms with Crippen molar-refractivity contribution in [1.29, 1.82) is 1.45 Å². The van der Waals surface area contributed by atoms with Crippen LogP contribution in [0.2, 0.25) is 0 Å². The number of nitrogens with zero attached hydrogens (tertiary/aromatic N) is 8. The summed E-state index contributed by atoms with van der Waals surface area (Å²) in [6, 6.07) is 0. The van der Waals surface area contributed by atoms with Gasteiger partial charge < -0.3 is 60.0 Å². The molecule has 0 aliphatic heterocycles. The van der Waals surface area contributed by atoms with Crippen molar-refractivity contribution in [3.05, 3.63) is 25.3 Å². The Morgan fingerprint density at radius 3 is 1.53 bits per heavy atom. The summed E-state index contributed by atoms with van der Waals surface area (Å²) in [6.45, 7) is 15.1. The number of halogens is 2. The van der Waals surface area contributed by atoms with Crippen molar-refractivity contribution < 1.29 is 75.6 Å². The molecule has 4 aromatic rings. The molecular weight excluding hydrogens is 896 g/mol. The molecule has 0 aliphatic rings. The number of hydrogen-bond donors (Lipinski definition) is 7. The quantitative estimate of drug-likeness (QED) is 0.0555. The second-order valence-electron chi connectivity index (χ2n) is 13.6. The Kier molecular flexibility index (Phi) is 26.0. The third kappa shape index (κ3) is 20.9. The standard InChI is InChI=1S/C16H27N6O5P.C9H14N5O4P.C7H15NO2.ClH.FH.V/c1-10(2)27-16(23)11(3)5-21-28(24,25)9-26-12(4)6-22-8-20-13-14(17)18-7-19-15(13)22;1-6(18-5-19(15,16)17)2-14-4-13-7-8(10)11-3-12-9(7)14;1-5(2)10-7(9)6(3)4-8;;;/h7-8,10-12H,5-6,9H2,1-4H3,(H2,17,18,19)(H2,21,24,25);3-4,6H,2,5H2,1H3,(H2,10,11,12)(H2,15,16,17);5-6H,4,8H2,1-3H3;2*1H;/t11-,12+;2*6-;;;/m010.../s1/i/hT. The molecule has 4 rings (SSSR count). The molecule has 0 bridgehead atoms. The number of hydrogen-bond acceptors (Lipinski definition) is 17. The molecule has 0 saturated heterocycles. The van der Waals surface area contributed by atoms with Gasteiger partial charge in [0.05, 0.1) is 62.0 Å². The number of rotatable bonds is 18. The molecule has 60 heavy (non-hydrogen) atoms. The van der Waals surface area contributed by atoms with Crippen LogP contribution >= 0.6 is 27.5 Å². The average Bonchev–Trinajstić information content (AvgIpc) is 3.77. The van der Waals surface area contributed by atoms with Crippen LogP contribution in [0.25, 0.3) is 22.3 Å². The van der Waals surface area contributed by atoms with Crippen molar-refractivity contribution in [2.24, 2.45) is 17.6 Å².